The highest BCUT2D eigenvalue weighted by Gasteiger charge is 2.54. The zero-order valence-corrected chi connectivity index (χ0v) is 14.1. The Kier molecular flexibility index (Phi) is 6.25. The fraction of sp³-hybridized carbons (Fsp3) is 0.714. The highest BCUT2D eigenvalue weighted by atomic mass is 32.2. The van der Waals surface area contributed by atoms with Crippen molar-refractivity contribution in [2.24, 2.45) is 5.73 Å². The fourth-order valence-electron chi connectivity index (χ4n) is 2.85. The highest BCUT2D eigenvalue weighted by molar-refractivity contribution is 8.00. The zero-order chi connectivity index (χ0) is 18.7. The summed E-state index contributed by atoms with van der Waals surface area (Å²) in [4.78, 5) is 47.3. The molecule has 2 saturated heterocycles. The van der Waals surface area contributed by atoms with Crippen LogP contribution in [0.2, 0.25) is 0 Å². The number of aliphatic carboxylic acids is 2. The second kappa shape index (κ2) is 8.02. The van der Waals surface area contributed by atoms with Gasteiger partial charge in [-0.3, -0.25) is 14.4 Å². The number of amides is 2. The van der Waals surface area contributed by atoms with Crippen molar-refractivity contribution in [1.29, 1.82) is 0 Å². The van der Waals surface area contributed by atoms with Gasteiger partial charge in [0.1, 0.15) is 23.5 Å². The molecule has 2 heterocycles. The van der Waals surface area contributed by atoms with Crippen LogP contribution in [-0.4, -0.2) is 79.3 Å². The summed E-state index contributed by atoms with van der Waals surface area (Å²) in [6.07, 6.45) is -0.457. The Hall–Kier alpha value is -1.85. The maximum absolute atomic E-state index is 12.2. The van der Waals surface area contributed by atoms with Gasteiger partial charge in [-0.2, -0.15) is 0 Å². The summed E-state index contributed by atoms with van der Waals surface area (Å²) in [5.41, 5.74) is 5.35. The molecule has 0 aromatic carbocycles. The molecular weight excluding hydrogens is 354 g/mol. The first-order valence-electron chi connectivity index (χ1n) is 7.84. The molecule has 0 unspecified atom stereocenters. The van der Waals surface area contributed by atoms with Crippen molar-refractivity contribution in [2.75, 3.05) is 5.75 Å². The summed E-state index contributed by atoms with van der Waals surface area (Å²) >= 11 is 1.23. The lowest BCUT2D eigenvalue weighted by molar-refractivity contribution is -0.162. The number of nitrogens with one attached hydrogen (secondary N) is 1. The van der Waals surface area contributed by atoms with Crippen molar-refractivity contribution >= 4 is 35.5 Å². The van der Waals surface area contributed by atoms with Gasteiger partial charge in [-0.1, -0.05) is 0 Å². The van der Waals surface area contributed by atoms with Gasteiger partial charge >= 0.3 is 11.9 Å². The van der Waals surface area contributed by atoms with Gasteiger partial charge in [0, 0.05) is 18.6 Å². The molecule has 0 saturated carbocycles. The quantitative estimate of drug-likeness (QED) is 0.321. The molecule has 11 heteroatoms. The van der Waals surface area contributed by atoms with E-state index in [1.807, 2.05) is 0 Å². The predicted octanol–water partition coefficient (Wildman–Crippen LogP) is -1.83. The van der Waals surface area contributed by atoms with E-state index in [1.165, 1.54) is 16.7 Å². The highest BCUT2D eigenvalue weighted by Crippen LogP contribution is 2.37. The molecule has 2 aliphatic heterocycles. The first-order chi connectivity index (χ1) is 11.7. The van der Waals surface area contributed by atoms with Crippen molar-refractivity contribution in [3.05, 3.63) is 0 Å². The number of hydrogen-bond acceptors (Lipinski definition) is 7. The molecule has 0 aromatic rings. The smallest absolute Gasteiger partial charge is 0.326 e. The normalized spacial score (nSPS) is 29.8. The Morgan fingerprint density at radius 2 is 2.04 bits per heavy atom. The molecule has 0 bridgehead atoms. The van der Waals surface area contributed by atoms with Crippen LogP contribution in [0.5, 0.6) is 0 Å². The van der Waals surface area contributed by atoms with Gasteiger partial charge in [-0.05, 0) is 12.8 Å². The summed E-state index contributed by atoms with van der Waals surface area (Å²) in [5.74, 6) is -2.97. The third-order valence-electron chi connectivity index (χ3n) is 4.21. The van der Waals surface area contributed by atoms with E-state index in [0.29, 0.717) is 0 Å². The number of carboxylic acids is 2. The topological polar surface area (TPSA) is 170 Å². The minimum Gasteiger partial charge on any atom is -0.480 e. The summed E-state index contributed by atoms with van der Waals surface area (Å²) < 4.78 is 0. The van der Waals surface area contributed by atoms with Crippen LogP contribution in [0.4, 0.5) is 0 Å². The molecule has 2 rings (SSSR count). The van der Waals surface area contributed by atoms with E-state index in [-0.39, 0.29) is 31.4 Å². The zero-order valence-electron chi connectivity index (χ0n) is 13.3. The van der Waals surface area contributed by atoms with E-state index >= 15 is 0 Å². The van der Waals surface area contributed by atoms with E-state index < -0.39 is 53.4 Å². The molecule has 2 amide bonds. The number of nitrogens with zero attached hydrogens (tertiary/aromatic N) is 1. The number of aliphatic hydroxyl groups excluding tert-OH is 1. The van der Waals surface area contributed by atoms with Crippen LogP contribution in [0.15, 0.2) is 0 Å². The summed E-state index contributed by atoms with van der Waals surface area (Å²) in [7, 11) is 0. The van der Waals surface area contributed by atoms with Gasteiger partial charge in [0.15, 0.2) is 0 Å². The number of thioether (sulfide) groups is 1. The first kappa shape index (κ1) is 19.5. The SMILES string of the molecule is N[C@H](CCCC(=O)N[C@@H]1C(=O)N2[C@@H](C(=O)O)C[C@@H](O)CS[C@H]12)C(=O)O. The van der Waals surface area contributed by atoms with Crippen LogP contribution in [0.3, 0.4) is 0 Å². The van der Waals surface area contributed by atoms with Gasteiger partial charge in [-0.25, -0.2) is 4.79 Å². The standard InChI is InChI=1S/C14H21N3O7S/c15-7(13(21)22)2-1-3-9(19)16-10-11(20)17-8(14(23)24)4-6(18)5-25-12(10)17/h6-8,10,12,18H,1-5,15H2,(H,16,19)(H,21,22)(H,23,24)/t6-,7-,8-,10-,12-/m1/s1. The maximum Gasteiger partial charge on any atom is 0.326 e. The lowest BCUT2D eigenvalue weighted by Gasteiger charge is -2.48. The summed E-state index contributed by atoms with van der Waals surface area (Å²) in [5, 5.41) is 29.7. The molecule has 6 N–H and O–H groups in total. The molecule has 0 aliphatic carbocycles. The van der Waals surface area contributed by atoms with Gasteiger partial charge in [-0.15, -0.1) is 11.8 Å². The second-order valence-electron chi connectivity index (χ2n) is 6.10. The predicted molar refractivity (Wildman–Crippen MR) is 86.5 cm³/mol. The number of carboxylic acid groups (broad SMARTS) is 2. The van der Waals surface area contributed by atoms with Gasteiger partial charge in [0.2, 0.25) is 11.8 Å². The van der Waals surface area contributed by atoms with Crippen LogP contribution in [0, 0.1) is 0 Å². The van der Waals surface area contributed by atoms with Gasteiger partial charge in [0.05, 0.1) is 6.10 Å². The van der Waals surface area contributed by atoms with Crippen molar-refractivity contribution < 1.29 is 34.5 Å². The van der Waals surface area contributed by atoms with E-state index in [2.05, 4.69) is 5.32 Å². The average Bonchev–Trinajstić information content (AvgIpc) is 2.69. The third kappa shape index (κ3) is 4.41. The van der Waals surface area contributed by atoms with Crippen molar-refractivity contribution in [1.82, 2.24) is 10.2 Å². The van der Waals surface area contributed by atoms with Crippen molar-refractivity contribution in [3.8, 4) is 0 Å². The lowest BCUT2D eigenvalue weighted by Crippen LogP contribution is -2.72. The largest absolute Gasteiger partial charge is 0.480 e. The molecule has 2 aliphatic rings. The molecule has 25 heavy (non-hydrogen) atoms. The Labute approximate surface area is 147 Å². The fourth-order valence-corrected chi connectivity index (χ4v) is 4.19. The lowest BCUT2D eigenvalue weighted by atomic mass is 9.99. The maximum atomic E-state index is 12.2. The van der Waals surface area contributed by atoms with E-state index in [4.69, 9.17) is 10.8 Å². The molecule has 140 valence electrons. The van der Waals surface area contributed by atoms with E-state index in [9.17, 15) is 29.4 Å². The van der Waals surface area contributed by atoms with Crippen molar-refractivity contribution in [3.63, 3.8) is 0 Å². The molecule has 0 spiro atoms. The molecule has 2 fully saturated rings. The van der Waals surface area contributed by atoms with Gasteiger partial charge in [0.25, 0.3) is 0 Å². The number of nitrogens with two attached hydrogens (primary N) is 1. The molecule has 10 nitrogen and oxygen atoms in total. The van der Waals surface area contributed by atoms with E-state index in [0.717, 1.165) is 0 Å². The number of aliphatic hydroxyl groups is 1. The van der Waals surface area contributed by atoms with Crippen LogP contribution < -0.4 is 11.1 Å². The number of carbonyl (C=O) groups is 4. The summed E-state index contributed by atoms with van der Waals surface area (Å²) in [6.45, 7) is 0. The number of fused-ring (bicyclic) bond motifs is 1. The number of carbonyl (C=O) groups excluding carboxylic acids is 2. The number of hydrogen-bond donors (Lipinski definition) is 5. The first-order valence-corrected chi connectivity index (χ1v) is 8.89. The van der Waals surface area contributed by atoms with Gasteiger partial charge < -0.3 is 31.3 Å². The number of rotatable bonds is 7. The minimum atomic E-state index is -1.19. The number of β-lactam (4-membered cyclic amide) rings is 1. The molecule has 0 aromatic heterocycles. The average molecular weight is 375 g/mol. The molecule has 0 radical (unpaired) electrons. The minimum absolute atomic E-state index is 0.0210. The molecule has 5 atom stereocenters. The van der Waals surface area contributed by atoms with E-state index in [1.54, 1.807) is 0 Å². The third-order valence-corrected chi connectivity index (χ3v) is 5.63. The van der Waals surface area contributed by atoms with Crippen LogP contribution in [0.1, 0.15) is 25.7 Å². The second-order valence-corrected chi connectivity index (χ2v) is 7.24. The Morgan fingerprint density at radius 1 is 1.36 bits per heavy atom. The Balaban J connectivity index is 1.89. The molecular formula is C14H21N3O7S. The monoisotopic (exact) mass is 375 g/mol. The van der Waals surface area contributed by atoms with Crippen LogP contribution in [0.25, 0.3) is 0 Å². The van der Waals surface area contributed by atoms with Crippen molar-refractivity contribution in [2.45, 2.75) is 55.3 Å². The Bertz CT molecular complexity index is 573. The van der Waals surface area contributed by atoms with Crippen LogP contribution in [-0.2, 0) is 19.2 Å². The Morgan fingerprint density at radius 3 is 2.64 bits per heavy atom. The van der Waals surface area contributed by atoms with Crippen LogP contribution >= 0.6 is 11.8 Å². The summed E-state index contributed by atoms with van der Waals surface area (Å²) in [6, 6.07) is -2.98.